The van der Waals surface area contributed by atoms with Crippen LogP contribution in [0.3, 0.4) is 0 Å². The number of benzene rings is 2. The summed E-state index contributed by atoms with van der Waals surface area (Å²) in [7, 11) is 0. The van der Waals surface area contributed by atoms with Crippen LogP contribution in [-0.2, 0) is 0 Å². The summed E-state index contributed by atoms with van der Waals surface area (Å²) in [6.45, 7) is 12.0. The van der Waals surface area contributed by atoms with Gasteiger partial charge in [0.2, 0.25) is 0 Å². The molecule has 0 fully saturated rings. The van der Waals surface area contributed by atoms with Gasteiger partial charge in [0.25, 0.3) is 0 Å². The summed E-state index contributed by atoms with van der Waals surface area (Å²) in [5, 5.41) is 19.3. The molecule has 144 valence electrons. The van der Waals surface area contributed by atoms with E-state index < -0.39 is 0 Å². The van der Waals surface area contributed by atoms with Crippen LogP contribution in [-0.4, -0.2) is 15.2 Å². The summed E-state index contributed by atoms with van der Waals surface area (Å²) in [4.78, 5) is 4.23. The molecule has 0 bridgehead atoms. The van der Waals surface area contributed by atoms with E-state index in [9.17, 15) is 5.11 Å². The molecule has 1 aromatic heterocycles. The number of aromatic hydroxyl groups is 2. The summed E-state index contributed by atoms with van der Waals surface area (Å²) in [6.07, 6.45) is 1.25. The van der Waals surface area contributed by atoms with Crippen LogP contribution in [0.25, 0.3) is 10.9 Å². The van der Waals surface area contributed by atoms with Gasteiger partial charge in [-0.3, -0.25) is 0 Å². The fraction of sp³-hybridized carbons (Fsp3) is 0.348. The average Bonchev–Trinajstić information content (AvgIpc) is 2.61. The van der Waals surface area contributed by atoms with Gasteiger partial charge in [-0.25, -0.2) is 4.98 Å². The third-order valence-electron chi connectivity index (χ3n) is 2.95. The number of aryl methyl sites for hydroxylation is 2. The fourth-order valence-electron chi connectivity index (χ4n) is 1.79. The van der Waals surface area contributed by atoms with Crippen LogP contribution in [0.5, 0.6) is 11.5 Å². The number of pyridine rings is 1. The van der Waals surface area contributed by atoms with Gasteiger partial charge < -0.3 is 10.2 Å². The fourth-order valence-corrected chi connectivity index (χ4v) is 1.79. The maximum absolute atomic E-state index is 9.43. The van der Waals surface area contributed by atoms with E-state index in [1.165, 1.54) is 6.42 Å². The van der Waals surface area contributed by atoms with Gasteiger partial charge in [0.1, 0.15) is 17.0 Å². The topological polar surface area (TPSA) is 53.4 Å². The first-order valence-corrected chi connectivity index (χ1v) is 8.79. The van der Waals surface area contributed by atoms with Crippen LogP contribution < -0.4 is 0 Å². The third-order valence-corrected chi connectivity index (χ3v) is 2.95. The number of rotatable bonds is 0. The number of para-hydroxylation sites is 2. The molecule has 3 heteroatoms. The second-order valence-corrected chi connectivity index (χ2v) is 5.30. The SMILES string of the molecule is C.CC.CCC.Cc1ccc2cccc(O)c2n1.Cc1ccccc1O. The van der Waals surface area contributed by atoms with Crippen LogP contribution in [0.4, 0.5) is 0 Å². The lowest BCUT2D eigenvalue weighted by atomic mass is 10.2. The highest BCUT2D eigenvalue weighted by molar-refractivity contribution is 5.84. The zero-order chi connectivity index (χ0) is 19.2. The molecule has 3 nitrogen and oxygen atoms in total. The first kappa shape index (κ1) is 25.7. The molecule has 0 aliphatic rings. The third kappa shape index (κ3) is 9.07. The molecule has 0 unspecified atom stereocenters. The largest absolute Gasteiger partial charge is 0.508 e. The van der Waals surface area contributed by atoms with Crippen LogP contribution in [0.2, 0.25) is 0 Å². The number of phenols is 2. The van der Waals surface area contributed by atoms with E-state index in [1.54, 1.807) is 12.1 Å². The smallest absolute Gasteiger partial charge is 0.141 e. The molecule has 1 heterocycles. The molecule has 26 heavy (non-hydrogen) atoms. The number of fused-ring (bicyclic) bond motifs is 1. The molecule has 2 aromatic carbocycles. The van der Waals surface area contributed by atoms with Crippen LogP contribution in [0, 0.1) is 13.8 Å². The summed E-state index contributed by atoms with van der Waals surface area (Å²) in [5.41, 5.74) is 2.52. The van der Waals surface area contributed by atoms with Gasteiger partial charge >= 0.3 is 0 Å². The summed E-state index contributed by atoms with van der Waals surface area (Å²) in [6, 6.07) is 16.5. The molecule has 2 N–H and O–H groups in total. The molecule has 0 spiro atoms. The van der Waals surface area contributed by atoms with E-state index in [4.69, 9.17) is 5.11 Å². The van der Waals surface area contributed by atoms with Crippen LogP contribution in [0.15, 0.2) is 54.6 Å². The second-order valence-electron chi connectivity index (χ2n) is 5.30. The zero-order valence-corrected chi connectivity index (χ0v) is 16.2. The Balaban J connectivity index is 0. The number of hydrogen-bond donors (Lipinski definition) is 2. The molecule has 0 atom stereocenters. The average molecular weight is 358 g/mol. The van der Waals surface area contributed by atoms with E-state index >= 15 is 0 Å². The Bertz CT molecular complexity index is 718. The Kier molecular flexibility index (Phi) is 14.6. The zero-order valence-electron chi connectivity index (χ0n) is 16.2. The maximum Gasteiger partial charge on any atom is 0.141 e. The van der Waals surface area contributed by atoms with Crippen molar-refractivity contribution in [2.75, 3.05) is 0 Å². The molecule has 0 aliphatic carbocycles. The molecule has 0 aliphatic heterocycles. The lowest BCUT2D eigenvalue weighted by Gasteiger charge is -1.99. The Morgan fingerprint density at radius 3 is 1.81 bits per heavy atom. The molecule has 0 saturated heterocycles. The minimum atomic E-state index is 0. The molecule has 0 radical (unpaired) electrons. The molecule has 0 saturated carbocycles. The van der Waals surface area contributed by atoms with Crippen molar-refractivity contribution in [1.82, 2.24) is 4.98 Å². The van der Waals surface area contributed by atoms with Gasteiger partial charge in [-0.05, 0) is 37.6 Å². The van der Waals surface area contributed by atoms with Crippen molar-refractivity contribution in [3.05, 3.63) is 65.9 Å². The number of hydrogen-bond acceptors (Lipinski definition) is 3. The highest BCUT2D eigenvalue weighted by Gasteiger charge is 1.98. The minimum absolute atomic E-state index is 0. The molecule has 3 aromatic rings. The monoisotopic (exact) mass is 357 g/mol. The number of aromatic nitrogens is 1. The first-order valence-electron chi connectivity index (χ1n) is 8.79. The molecule has 0 amide bonds. The van der Waals surface area contributed by atoms with Crippen molar-refractivity contribution in [3.8, 4) is 11.5 Å². The van der Waals surface area contributed by atoms with E-state index in [-0.39, 0.29) is 13.2 Å². The second kappa shape index (κ2) is 14.8. The van der Waals surface area contributed by atoms with Gasteiger partial charge in [0, 0.05) is 11.1 Å². The van der Waals surface area contributed by atoms with Crippen LogP contribution in [0.1, 0.15) is 52.8 Å². The van der Waals surface area contributed by atoms with Gasteiger partial charge in [-0.15, -0.1) is 0 Å². The first-order chi connectivity index (χ1) is 12.0. The molecular formula is C23H35NO2. The van der Waals surface area contributed by atoms with E-state index in [0.29, 0.717) is 11.3 Å². The maximum atomic E-state index is 9.43. The predicted octanol–water partition coefficient (Wildman–Crippen LogP) is 7.03. The highest BCUT2D eigenvalue weighted by atomic mass is 16.3. The summed E-state index contributed by atoms with van der Waals surface area (Å²) in [5.74, 6) is 0.615. The standard InChI is InChI=1S/C10H9NO.C7H8O.C3H8.C2H6.CH4/c1-7-5-6-8-3-2-4-9(12)10(8)11-7;1-6-4-2-3-5-7(6)8;1-3-2;1-2;/h2-6,12H,1H3;2-5,8H,1H3;3H2,1-2H3;1-2H3;1H4. The minimum Gasteiger partial charge on any atom is -0.508 e. The normalized spacial score (nSPS) is 8.54. The van der Waals surface area contributed by atoms with Crippen molar-refractivity contribution < 1.29 is 10.2 Å². The van der Waals surface area contributed by atoms with Crippen molar-refractivity contribution >= 4 is 10.9 Å². The Morgan fingerprint density at radius 1 is 0.769 bits per heavy atom. The van der Waals surface area contributed by atoms with Crippen molar-refractivity contribution in [3.63, 3.8) is 0 Å². The molecule has 3 rings (SSSR count). The van der Waals surface area contributed by atoms with Gasteiger partial charge in [0.05, 0.1) is 0 Å². The Labute approximate surface area is 159 Å². The van der Waals surface area contributed by atoms with E-state index in [1.807, 2.05) is 70.2 Å². The van der Waals surface area contributed by atoms with Crippen molar-refractivity contribution in [2.24, 2.45) is 0 Å². The van der Waals surface area contributed by atoms with Crippen molar-refractivity contribution in [2.45, 2.75) is 55.4 Å². The quantitative estimate of drug-likeness (QED) is 0.454. The highest BCUT2D eigenvalue weighted by Crippen LogP contribution is 2.21. The van der Waals surface area contributed by atoms with Gasteiger partial charge in [-0.1, -0.05) is 77.9 Å². The number of phenolic OH excluding ortho intramolecular Hbond substituents is 2. The van der Waals surface area contributed by atoms with E-state index in [0.717, 1.165) is 16.6 Å². The van der Waals surface area contributed by atoms with Crippen molar-refractivity contribution in [1.29, 1.82) is 0 Å². The van der Waals surface area contributed by atoms with Crippen LogP contribution >= 0.6 is 0 Å². The molecular weight excluding hydrogens is 322 g/mol. The van der Waals surface area contributed by atoms with Gasteiger partial charge in [-0.2, -0.15) is 0 Å². The summed E-state index contributed by atoms with van der Waals surface area (Å²) >= 11 is 0. The lowest BCUT2D eigenvalue weighted by Crippen LogP contribution is -1.82. The number of nitrogens with zero attached hydrogens (tertiary/aromatic N) is 1. The van der Waals surface area contributed by atoms with E-state index in [2.05, 4.69) is 18.8 Å². The van der Waals surface area contributed by atoms with Gasteiger partial charge in [0.15, 0.2) is 0 Å². The predicted molar refractivity (Wildman–Crippen MR) is 115 cm³/mol. The summed E-state index contributed by atoms with van der Waals surface area (Å²) < 4.78 is 0. The Morgan fingerprint density at radius 2 is 1.31 bits per heavy atom. The Hall–Kier alpha value is -2.55. The lowest BCUT2D eigenvalue weighted by molar-refractivity contribution is 0.471.